The molecule has 0 saturated heterocycles. The van der Waals surface area contributed by atoms with Crippen LogP contribution in [-0.4, -0.2) is 23.9 Å². The predicted molar refractivity (Wildman–Crippen MR) is 95.4 cm³/mol. The van der Waals surface area contributed by atoms with Crippen molar-refractivity contribution in [2.75, 3.05) is 18.4 Å². The molecule has 23 heavy (non-hydrogen) atoms. The lowest BCUT2D eigenvalue weighted by Gasteiger charge is -2.18. The predicted octanol–water partition coefficient (Wildman–Crippen LogP) is 3.76. The van der Waals surface area contributed by atoms with Crippen LogP contribution in [0.25, 0.3) is 0 Å². The molecule has 0 aliphatic rings. The van der Waals surface area contributed by atoms with Crippen LogP contribution in [0.1, 0.15) is 35.3 Å². The van der Waals surface area contributed by atoms with Crippen LogP contribution in [0, 0.1) is 12.3 Å². The van der Waals surface area contributed by atoms with E-state index in [1.807, 2.05) is 42.5 Å². The van der Waals surface area contributed by atoms with Gasteiger partial charge in [0.25, 0.3) is 5.91 Å². The zero-order valence-corrected chi connectivity index (χ0v) is 13.7. The highest BCUT2D eigenvalue weighted by Gasteiger charge is 2.07. The van der Waals surface area contributed by atoms with E-state index in [9.17, 15) is 4.79 Å². The monoisotopic (exact) mass is 306 g/mol. The standard InChI is InChI=1S/C20H22N2O/c1-4-16-8-7-9-19(14-16)21-20(23)18-12-10-17(11-13-18)15-22(5-2)6-3/h1,7-14H,5-6,15H2,2-3H3,(H,21,23). The van der Waals surface area contributed by atoms with Gasteiger partial charge in [0.05, 0.1) is 0 Å². The quantitative estimate of drug-likeness (QED) is 0.824. The fourth-order valence-electron chi connectivity index (χ4n) is 2.36. The van der Waals surface area contributed by atoms with Gasteiger partial charge in [-0.2, -0.15) is 0 Å². The summed E-state index contributed by atoms with van der Waals surface area (Å²) in [4.78, 5) is 14.6. The van der Waals surface area contributed by atoms with Gasteiger partial charge >= 0.3 is 0 Å². The molecule has 0 unspecified atom stereocenters. The van der Waals surface area contributed by atoms with Gasteiger partial charge in [0.15, 0.2) is 0 Å². The van der Waals surface area contributed by atoms with E-state index in [4.69, 9.17) is 6.42 Å². The van der Waals surface area contributed by atoms with Crippen molar-refractivity contribution >= 4 is 11.6 Å². The van der Waals surface area contributed by atoms with Crippen molar-refractivity contribution in [3.63, 3.8) is 0 Å². The van der Waals surface area contributed by atoms with Crippen LogP contribution < -0.4 is 5.32 Å². The Morgan fingerprint density at radius 3 is 2.43 bits per heavy atom. The molecule has 0 spiro atoms. The highest BCUT2D eigenvalue weighted by Crippen LogP contribution is 2.13. The maximum absolute atomic E-state index is 12.3. The fraction of sp³-hybridized carbons (Fsp3) is 0.250. The number of nitrogens with one attached hydrogen (secondary N) is 1. The average Bonchev–Trinajstić information content (AvgIpc) is 2.60. The third-order valence-corrected chi connectivity index (χ3v) is 3.80. The van der Waals surface area contributed by atoms with E-state index in [2.05, 4.69) is 30.0 Å². The van der Waals surface area contributed by atoms with Gasteiger partial charge in [-0.05, 0) is 49.0 Å². The summed E-state index contributed by atoms with van der Waals surface area (Å²) >= 11 is 0. The lowest BCUT2D eigenvalue weighted by molar-refractivity contribution is 0.102. The third kappa shape index (κ3) is 4.70. The molecule has 3 heteroatoms. The molecule has 0 bridgehead atoms. The first-order valence-corrected chi connectivity index (χ1v) is 7.85. The van der Waals surface area contributed by atoms with Crippen LogP contribution in [0.5, 0.6) is 0 Å². The second-order valence-electron chi connectivity index (χ2n) is 5.34. The van der Waals surface area contributed by atoms with E-state index in [0.717, 1.165) is 25.2 Å². The molecule has 2 aromatic rings. The zero-order chi connectivity index (χ0) is 16.7. The van der Waals surface area contributed by atoms with Crippen molar-refractivity contribution in [2.45, 2.75) is 20.4 Å². The number of anilines is 1. The van der Waals surface area contributed by atoms with Gasteiger partial charge in [0.2, 0.25) is 0 Å². The van der Waals surface area contributed by atoms with E-state index < -0.39 is 0 Å². The number of rotatable bonds is 6. The lowest BCUT2D eigenvalue weighted by atomic mass is 10.1. The first-order chi connectivity index (χ1) is 11.2. The van der Waals surface area contributed by atoms with Crippen LogP contribution in [0.3, 0.4) is 0 Å². The number of benzene rings is 2. The van der Waals surface area contributed by atoms with Gasteiger partial charge < -0.3 is 5.32 Å². The number of carbonyl (C=O) groups excluding carboxylic acids is 1. The van der Waals surface area contributed by atoms with Crippen molar-refractivity contribution in [3.05, 3.63) is 65.2 Å². The van der Waals surface area contributed by atoms with Gasteiger partial charge in [-0.3, -0.25) is 9.69 Å². The molecule has 0 aromatic heterocycles. The number of hydrogen-bond donors (Lipinski definition) is 1. The molecule has 118 valence electrons. The molecular weight excluding hydrogens is 284 g/mol. The first-order valence-electron chi connectivity index (χ1n) is 7.85. The third-order valence-electron chi connectivity index (χ3n) is 3.80. The molecule has 0 fully saturated rings. The van der Waals surface area contributed by atoms with Gasteiger partial charge in [-0.25, -0.2) is 0 Å². The SMILES string of the molecule is C#Cc1cccc(NC(=O)c2ccc(CN(CC)CC)cc2)c1. The molecule has 1 amide bonds. The van der Waals surface area contributed by atoms with Gasteiger partial charge in [-0.1, -0.05) is 38.0 Å². The molecular formula is C20H22N2O. The summed E-state index contributed by atoms with van der Waals surface area (Å²) in [6.07, 6.45) is 5.37. The van der Waals surface area contributed by atoms with Crippen LogP contribution in [0.15, 0.2) is 48.5 Å². The van der Waals surface area contributed by atoms with Crippen molar-refractivity contribution in [3.8, 4) is 12.3 Å². The second kappa shape index (κ2) is 8.17. The summed E-state index contributed by atoms with van der Waals surface area (Å²) in [5.41, 5.74) is 3.30. The maximum Gasteiger partial charge on any atom is 0.255 e. The molecule has 2 rings (SSSR count). The van der Waals surface area contributed by atoms with E-state index in [-0.39, 0.29) is 5.91 Å². The van der Waals surface area contributed by atoms with E-state index in [1.165, 1.54) is 5.56 Å². The van der Waals surface area contributed by atoms with Crippen LogP contribution >= 0.6 is 0 Å². The Bertz CT molecular complexity index is 694. The molecule has 0 atom stereocenters. The second-order valence-corrected chi connectivity index (χ2v) is 5.34. The Kier molecular flexibility index (Phi) is 5.96. The van der Waals surface area contributed by atoms with Crippen molar-refractivity contribution in [2.24, 2.45) is 0 Å². The molecule has 0 aliphatic heterocycles. The minimum atomic E-state index is -0.131. The van der Waals surface area contributed by atoms with E-state index in [0.29, 0.717) is 11.3 Å². The van der Waals surface area contributed by atoms with Crippen molar-refractivity contribution in [1.82, 2.24) is 4.90 Å². The van der Waals surface area contributed by atoms with Crippen LogP contribution in [0.4, 0.5) is 5.69 Å². The number of nitrogens with zero attached hydrogens (tertiary/aromatic N) is 1. The Balaban J connectivity index is 2.04. The number of carbonyl (C=O) groups is 1. The van der Waals surface area contributed by atoms with E-state index >= 15 is 0 Å². The average molecular weight is 306 g/mol. The molecule has 0 heterocycles. The molecule has 0 aliphatic carbocycles. The topological polar surface area (TPSA) is 32.3 Å². The minimum absolute atomic E-state index is 0.131. The molecule has 3 nitrogen and oxygen atoms in total. The van der Waals surface area contributed by atoms with Crippen LogP contribution in [0.2, 0.25) is 0 Å². The Hall–Kier alpha value is -2.57. The van der Waals surface area contributed by atoms with Crippen LogP contribution in [-0.2, 0) is 6.54 Å². The van der Waals surface area contributed by atoms with E-state index in [1.54, 1.807) is 6.07 Å². The molecule has 2 aromatic carbocycles. The number of amides is 1. The number of terminal acetylenes is 1. The van der Waals surface area contributed by atoms with Gasteiger partial charge in [-0.15, -0.1) is 6.42 Å². The molecule has 0 radical (unpaired) electrons. The summed E-state index contributed by atoms with van der Waals surface area (Å²) in [5, 5.41) is 2.87. The summed E-state index contributed by atoms with van der Waals surface area (Å²) in [6.45, 7) is 7.24. The highest BCUT2D eigenvalue weighted by molar-refractivity contribution is 6.04. The Morgan fingerprint density at radius 2 is 1.83 bits per heavy atom. The maximum atomic E-state index is 12.3. The normalized spacial score (nSPS) is 10.3. The minimum Gasteiger partial charge on any atom is -0.322 e. The van der Waals surface area contributed by atoms with Gasteiger partial charge in [0.1, 0.15) is 0 Å². The largest absolute Gasteiger partial charge is 0.322 e. The Labute approximate surface area is 138 Å². The highest BCUT2D eigenvalue weighted by atomic mass is 16.1. The Morgan fingerprint density at radius 1 is 1.13 bits per heavy atom. The first kappa shape index (κ1) is 16.8. The van der Waals surface area contributed by atoms with Crippen molar-refractivity contribution in [1.29, 1.82) is 0 Å². The summed E-state index contributed by atoms with van der Waals surface area (Å²) < 4.78 is 0. The summed E-state index contributed by atoms with van der Waals surface area (Å²) in [6, 6.07) is 15.0. The number of hydrogen-bond acceptors (Lipinski definition) is 2. The summed E-state index contributed by atoms with van der Waals surface area (Å²) in [7, 11) is 0. The molecule has 0 saturated carbocycles. The molecule has 1 N–H and O–H groups in total. The smallest absolute Gasteiger partial charge is 0.255 e. The van der Waals surface area contributed by atoms with Gasteiger partial charge in [0, 0.05) is 23.4 Å². The lowest BCUT2D eigenvalue weighted by Crippen LogP contribution is -2.22. The fourth-order valence-corrected chi connectivity index (χ4v) is 2.36. The summed E-state index contributed by atoms with van der Waals surface area (Å²) in [5.74, 6) is 2.43. The van der Waals surface area contributed by atoms with Crippen molar-refractivity contribution < 1.29 is 4.79 Å². The zero-order valence-electron chi connectivity index (χ0n) is 13.7.